The Kier molecular flexibility index (Phi) is 21.9. The zero-order valence-electron chi connectivity index (χ0n) is 38.9. The Balaban J connectivity index is 0.000000186. The van der Waals surface area contributed by atoms with E-state index in [1.54, 1.807) is 0 Å². The van der Waals surface area contributed by atoms with Gasteiger partial charge in [-0.05, 0) is 61.4 Å². The molecule has 2 aromatic heterocycles. The molecule has 370 valence electrons. The quantitative estimate of drug-likeness (QED) is 0.0642. The molecule has 71 heavy (non-hydrogen) atoms. The van der Waals surface area contributed by atoms with Crippen LogP contribution in [-0.4, -0.2) is 130 Å². The van der Waals surface area contributed by atoms with Crippen LogP contribution in [0.15, 0.2) is 97.8 Å². The Morgan fingerprint density at radius 3 is 1.31 bits per heavy atom. The Hall–Kier alpha value is -8.04. The number of rotatable bonds is 7. The van der Waals surface area contributed by atoms with Gasteiger partial charge in [-0.15, -0.1) is 12.8 Å². The maximum atomic E-state index is 9.59. The second kappa shape index (κ2) is 29.8. The minimum Gasteiger partial charge on any atom is -0.487 e. The number of aromatic nitrogens is 4. The summed E-state index contributed by atoms with van der Waals surface area (Å²) in [7, 11) is 0. The number of fused-ring (bicyclic) bond motifs is 4. The number of carbonyl (C=O) groups excluding carboxylic acids is 1. The monoisotopic (exact) mass is 970 g/mol. The number of anilines is 4. The van der Waals surface area contributed by atoms with Gasteiger partial charge in [0.25, 0.3) is 6.47 Å². The second-order valence-corrected chi connectivity index (χ2v) is 14.8. The molecule has 3 aliphatic rings. The van der Waals surface area contributed by atoms with Crippen LogP contribution in [0.2, 0.25) is 0 Å². The summed E-state index contributed by atoms with van der Waals surface area (Å²) in [4.78, 5) is 36.5. The van der Waals surface area contributed by atoms with E-state index >= 15 is 0 Å². The molecule has 1 fully saturated rings. The first-order chi connectivity index (χ1) is 34.9. The van der Waals surface area contributed by atoms with Crippen molar-refractivity contribution in [3.05, 3.63) is 109 Å². The Morgan fingerprint density at radius 1 is 0.549 bits per heavy atom. The smallest absolute Gasteiger partial charge is 0.331 e. The van der Waals surface area contributed by atoms with Crippen LogP contribution >= 0.6 is 0 Å². The van der Waals surface area contributed by atoms with E-state index in [0.29, 0.717) is 120 Å². The highest BCUT2D eigenvalue weighted by atomic mass is 16.6. The van der Waals surface area contributed by atoms with Gasteiger partial charge in [-0.2, -0.15) is 0 Å². The number of carboxylic acid groups (broad SMARTS) is 1. The molecule has 1 saturated heterocycles. The van der Waals surface area contributed by atoms with Crippen LogP contribution < -0.4 is 29.6 Å². The van der Waals surface area contributed by atoms with Crippen molar-refractivity contribution in [2.75, 3.05) is 103 Å². The number of carboxylic acids is 1. The minimum atomic E-state index is -1.15. The normalized spacial score (nSPS) is 15.0. The molecule has 19 nitrogen and oxygen atoms in total. The number of hydrogen-bond donors (Lipinski definition) is 3. The fourth-order valence-corrected chi connectivity index (χ4v) is 6.55. The van der Waals surface area contributed by atoms with Gasteiger partial charge in [-0.25, -0.2) is 24.7 Å². The molecule has 0 atom stereocenters. The molecule has 6 aromatic rings. The van der Waals surface area contributed by atoms with Crippen LogP contribution in [0, 0.1) is 24.7 Å². The lowest BCUT2D eigenvalue weighted by molar-refractivity contribution is -0.131. The van der Waals surface area contributed by atoms with Crippen LogP contribution in [0.3, 0.4) is 0 Å². The third-order valence-electron chi connectivity index (χ3n) is 9.84. The average molecular weight is 971 g/mol. The molecule has 0 aliphatic carbocycles. The van der Waals surface area contributed by atoms with Crippen molar-refractivity contribution < 1.29 is 62.1 Å². The summed E-state index contributed by atoms with van der Waals surface area (Å²) >= 11 is 0. The van der Waals surface area contributed by atoms with E-state index in [-0.39, 0.29) is 6.47 Å². The molecule has 0 unspecified atom stereocenters. The van der Waals surface area contributed by atoms with E-state index in [4.69, 9.17) is 60.6 Å². The third kappa shape index (κ3) is 17.8. The zero-order chi connectivity index (χ0) is 49.7. The van der Waals surface area contributed by atoms with Crippen molar-refractivity contribution in [2.45, 2.75) is 12.8 Å². The molecule has 0 bridgehead atoms. The van der Waals surface area contributed by atoms with Crippen molar-refractivity contribution in [2.24, 2.45) is 0 Å². The lowest BCUT2D eigenvalue weighted by atomic mass is 10.2. The third-order valence-corrected chi connectivity index (χ3v) is 9.84. The summed E-state index contributed by atoms with van der Waals surface area (Å²) < 4.78 is 54.3. The first-order valence-corrected chi connectivity index (χ1v) is 22.6. The van der Waals surface area contributed by atoms with Gasteiger partial charge in [0, 0.05) is 58.6 Å². The Morgan fingerprint density at radius 2 is 0.944 bits per heavy atom. The summed E-state index contributed by atoms with van der Waals surface area (Å²) in [6.07, 6.45) is 18.1. The molecule has 19 heteroatoms. The van der Waals surface area contributed by atoms with Gasteiger partial charge in [0.05, 0.1) is 70.0 Å². The maximum absolute atomic E-state index is 9.59. The van der Waals surface area contributed by atoms with Gasteiger partial charge in [0.15, 0.2) is 23.0 Å². The zero-order valence-corrected chi connectivity index (χ0v) is 38.9. The van der Waals surface area contributed by atoms with Gasteiger partial charge in [0.1, 0.15) is 57.0 Å². The SMILES string of the molecule is C#Cc1cccc(Nc2ncnc3cc4c(cc23)OCCOCCOCCO4)c1.C#Cc1cccc(Nc2ncnc3cc4c(cc23)OCCOCCOCCO4)c1.C1CCOC1.O=CO/C=C\C(=O)O. The molecular weight excluding hydrogens is 917 g/mol. The average Bonchev–Trinajstić information content (AvgIpc) is 3.98. The highest BCUT2D eigenvalue weighted by Crippen LogP contribution is 2.37. The van der Waals surface area contributed by atoms with Gasteiger partial charge < -0.3 is 63.1 Å². The second-order valence-electron chi connectivity index (χ2n) is 14.8. The number of aliphatic carboxylic acids is 1. The predicted molar refractivity (Wildman–Crippen MR) is 264 cm³/mol. The number of carbonyl (C=O) groups is 2. The summed E-state index contributed by atoms with van der Waals surface area (Å²) in [5, 5.41) is 16.1. The lowest BCUT2D eigenvalue weighted by Gasteiger charge is -2.16. The molecule has 3 N–H and O–H groups in total. The molecule has 4 aromatic carbocycles. The number of terminal acetylenes is 2. The van der Waals surface area contributed by atoms with Gasteiger partial charge in [-0.1, -0.05) is 24.0 Å². The molecule has 9 rings (SSSR count). The summed E-state index contributed by atoms with van der Waals surface area (Å²) in [5.74, 6) is 7.87. The summed E-state index contributed by atoms with van der Waals surface area (Å²) in [6, 6.07) is 22.6. The molecular formula is C52H54N6O13. The van der Waals surface area contributed by atoms with Crippen molar-refractivity contribution >= 4 is 57.3 Å². The van der Waals surface area contributed by atoms with Gasteiger partial charge in [0.2, 0.25) is 0 Å². The van der Waals surface area contributed by atoms with Crippen LogP contribution in [0.5, 0.6) is 23.0 Å². The molecule has 5 heterocycles. The number of nitrogens with one attached hydrogen (secondary N) is 2. The molecule has 0 saturated carbocycles. The summed E-state index contributed by atoms with van der Waals surface area (Å²) in [6.45, 7) is 7.81. The lowest BCUT2D eigenvalue weighted by Crippen LogP contribution is -2.15. The first kappa shape index (κ1) is 52.3. The largest absolute Gasteiger partial charge is 0.487 e. The topological polar surface area (TPSA) is 222 Å². The number of nitrogens with zero attached hydrogens (tertiary/aromatic N) is 4. The standard InChI is InChI=1S/2C22H21N3O4.C4H4O4.C4H8O/c2*1-2-16-4-3-5-17(12-16)25-22-18-13-20-21(14-19(18)23-15-24-22)29-11-9-27-7-6-26-8-10-28-20;5-3-8-2-1-4(6)7;1-2-4-5-3-1/h2*1,3-5,12-15H,6-11H2,(H,23,24,25);1-3H,(H,6,7);1-4H2/b;;2-1-;. The van der Waals surface area contributed by atoms with Gasteiger partial charge in [-0.3, -0.25) is 4.79 Å². The van der Waals surface area contributed by atoms with Gasteiger partial charge >= 0.3 is 5.97 Å². The minimum absolute atomic E-state index is 0.138. The molecule has 3 aliphatic heterocycles. The molecule has 0 spiro atoms. The van der Waals surface area contributed by atoms with E-state index in [1.165, 1.54) is 25.5 Å². The highest BCUT2D eigenvalue weighted by Gasteiger charge is 2.16. The molecule has 0 amide bonds. The summed E-state index contributed by atoms with van der Waals surface area (Å²) in [5.41, 5.74) is 4.74. The Labute approximate surface area is 410 Å². The van der Waals surface area contributed by atoms with Crippen LogP contribution in [0.4, 0.5) is 23.0 Å². The van der Waals surface area contributed by atoms with E-state index in [9.17, 15) is 9.59 Å². The number of ether oxygens (including phenoxy) is 10. The van der Waals surface area contributed by atoms with Crippen molar-refractivity contribution in [3.8, 4) is 47.7 Å². The van der Waals surface area contributed by atoms with E-state index in [1.807, 2.05) is 72.8 Å². The predicted octanol–water partition coefficient (Wildman–Crippen LogP) is 6.87. The van der Waals surface area contributed by atoms with E-state index < -0.39 is 5.97 Å². The van der Waals surface area contributed by atoms with Crippen molar-refractivity contribution in [3.63, 3.8) is 0 Å². The Bertz CT molecular complexity index is 2580. The van der Waals surface area contributed by atoms with Crippen LogP contribution in [-0.2, 0) is 38.0 Å². The van der Waals surface area contributed by atoms with E-state index in [0.717, 1.165) is 63.8 Å². The maximum Gasteiger partial charge on any atom is 0.331 e. The molecule has 0 radical (unpaired) electrons. The highest BCUT2D eigenvalue weighted by molar-refractivity contribution is 5.94. The number of hydrogen-bond acceptors (Lipinski definition) is 18. The van der Waals surface area contributed by atoms with Crippen LogP contribution in [0.1, 0.15) is 24.0 Å². The van der Waals surface area contributed by atoms with Crippen molar-refractivity contribution in [1.29, 1.82) is 0 Å². The van der Waals surface area contributed by atoms with Crippen molar-refractivity contribution in [1.82, 2.24) is 19.9 Å². The van der Waals surface area contributed by atoms with E-state index in [2.05, 4.69) is 47.1 Å². The first-order valence-electron chi connectivity index (χ1n) is 22.6. The fourth-order valence-electron chi connectivity index (χ4n) is 6.55. The van der Waals surface area contributed by atoms with Crippen LogP contribution in [0.25, 0.3) is 21.8 Å². The number of benzene rings is 4. The fraction of sp³-hybridized carbons (Fsp3) is 0.308.